The van der Waals surface area contributed by atoms with Crippen LogP contribution in [0.1, 0.15) is 16.8 Å². The summed E-state index contributed by atoms with van der Waals surface area (Å²) in [6, 6.07) is 7.78. The fourth-order valence-corrected chi connectivity index (χ4v) is 3.27. The Morgan fingerprint density at radius 3 is 2.79 bits per heavy atom. The molecule has 144 valence electrons. The minimum Gasteiger partial charge on any atom is -0.489 e. The van der Waals surface area contributed by atoms with Crippen LogP contribution >= 0.6 is 0 Å². The first kappa shape index (κ1) is 17.8. The van der Waals surface area contributed by atoms with Gasteiger partial charge in [0.05, 0.1) is 23.8 Å². The SMILES string of the molecule is NC(=O)CC1COc2cc(F)ccc2N1C(=O)c1ccc2c(c1)NC(=O)CO2. The molecule has 3 amide bonds. The van der Waals surface area contributed by atoms with E-state index in [9.17, 15) is 18.8 Å². The van der Waals surface area contributed by atoms with Gasteiger partial charge in [0.2, 0.25) is 5.91 Å². The van der Waals surface area contributed by atoms with Gasteiger partial charge in [-0.05, 0) is 30.3 Å². The molecule has 2 aromatic carbocycles. The quantitative estimate of drug-likeness (QED) is 0.831. The molecule has 1 unspecified atom stereocenters. The molecule has 1 atom stereocenters. The lowest BCUT2D eigenvalue weighted by molar-refractivity contribution is -0.119. The summed E-state index contributed by atoms with van der Waals surface area (Å²) in [6.45, 7) is -0.0979. The van der Waals surface area contributed by atoms with Crippen molar-refractivity contribution < 1.29 is 28.2 Å². The Hall–Kier alpha value is -3.62. The van der Waals surface area contributed by atoms with E-state index in [0.29, 0.717) is 17.1 Å². The van der Waals surface area contributed by atoms with Crippen LogP contribution in [0.3, 0.4) is 0 Å². The Morgan fingerprint density at radius 1 is 1.18 bits per heavy atom. The molecule has 0 radical (unpaired) electrons. The number of ether oxygens (including phenoxy) is 2. The second-order valence-corrected chi connectivity index (χ2v) is 6.47. The average molecular weight is 385 g/mol. The molecule has 0 aliphatic carbocycles. The minimum atomic E-state index is -0.648. The molecule has 0 saturated carbocycles. The maximum atomic E-state index is 13.6. The van der Waals surface area contributed by atoms with E-state index in [1.807, 2.05) is 0 Å². The summed E-state index contributed by atoms with van der Waals surface area (Å²) in [5.41, 5.74) is 6.29. The Morgan fingerprint density at radius 2 is 2.00 bits per heavy atom. The van der Waals surface area contributed by atoms with Gasteiger partial charge in [-0.3, -0.25) is 19.3 Å². The van der Waals surface area contributed by atoms with Crippen molar-refractivity contribution in [3.05, 3.63) is 47.8 Å². The van der Waals surface area contributed by atoms with Crippen LogP contribution < -0.4 is 25.4 Å². The fraction of sp³-hybridized carbons (Fsp3) is 0.211. The van der Waals surface area contributed by atoms with Crippen molar-refractivity contribution in [1.82, 2.24) is 0 Å². The van der Waals surface area contributed by atoms with Crippen LogP contribution in [-0.4, -0.2) is 37.0 Å². The van der Waals surface area contributed by atoms with Gasteiger partial charge in [-0.25, -0.2) is 4.39 Å². The van der Waals surface area contributed by atoms with E-state index >= 15 is 0 Å². The first-order valence-corrected chi connectivity index (χ1v) is 8.53. The van der Waals surface area contributed by atoms with Gasteiger partial charge in [0, 0.05) is 11.6 Å². The van der Waals surface area contributed by atoms with Crippen molar-refractivity contribution >= 4 is 29.1 Å². The topological polar surface area (TPSA) is 111 Å². The molecule has 2 aromatic rings. The van der Waals surface area contributed by atoms with Crippen LogP contribution in [0.4, 0.5) is 15.8 Å². The number of nitrogens with zero attached hydrogens (tertiary/aromatic N) is 1. The van der Waals surface area contributed by atoms with Gasteiger partial charge in [-0.2, -0.15) is 0 Å². The number of anilines is 2. The van der Waals surface area contributed by atoms with Gasteiger partial charge >= 0.3 is 0 Å². The van der Waals surface area contributed by atoms with E-state index in [1.165, 1.54) is 29.2 Å². The van der Waals surface area contributed by atoms with Gasteiger partial charge < -0.3 is 20.5 Å². The van der Waals surface area contributed by atoms with Crippen LogP contribution in [-0.2, 0) is 9.59 Å². The van der Waals surface area contributed by atoms with E-state index < -0.39 is 23.7 Å². The summed E-state index contributed by atoms with van der Waals surface area (Å²) in [4.78, 5) is 37.7. The van der Waals surface area contributed by atoms with Crippen molar-refractivity contribution in [2.45, 2.75) is 12.5 Å². The van der Waals surface area contributed by atoms with Crippen LogP contribution in [0.25, 0.3) is 0 Å². The molecule has 0 saturated heterocycles. The van der Waals surface area contributed by atoms with E-state index in [-0.39, 0.29) is 36.9 Å². The van der Waals surface area contributed by atoms with Crippen LogP contribution in [0.2, 0.25) is 0 Å². The summed E-state index contributed by atoms with van der Waals surface area (Å²) in [6.07, 6.45) is -0.118. The number of nitrogens with two attached hydrogens (primary N) is 1. The molecular formula is C19H16FN3O5. The average Bonchev–Trinajstić information content (AvgIpc) is 2.66. The number of primary amides is 1. The Kier molecular flexibility index (Phi) is 4.34. The Balaban J connectivity index is 1.74. The van der Waals surface area contributed by atoms with Gasteiger partial charge in [0.15, 0.2) is 6.61 Å². The summed E-state index contributed by atoms with van der Waals surface area (Å²) >= 11 is 0. The van der Waals surface area contributed by atoms with Crippen molar-refractivity contribution in [3.8, 4) is 11.5 Å². The molecule has 2 aliphatic heterocycles. The van der Waals surface area contributed by atoms with E-state index in [2.05, 4.69) is 5.32 Å². The third-order valence-electron chi connectivity index (χ3n) is 4.49. The zero-order chi connectivity index (χ0) is 19.8. The molecule has 8 nitrogen and oxygen atoms in total. The number of hydrogen-bond acceptors (Lipinski definition) is 5. The molecule has 9 heteroatoms. The summed E-state index contributed by atoms with van der Waals surface area (Å²) in [5, 5.41) is 2.65. The fourth-order valence-electron chi connectivity index (χ4n) is 3.27. The maximum absolute atomic E-state index is 13.6. The van der Waals surface area contributed by atoms with Crippen LogP contribution in [0, 0.1) is 5.82 Å². The lowest BCUT2D eigenvalue weighted by atomic mass is 10.0. The van der Waals surface area contributed by atoms with Crippen molar-refractivity contribution in [2.24, 2.45) is 5.73 Å². The zero-order valence-electron chi connectivity index (χ0n) is 14.6. The molecule has 2 heterocycles. The van der Waals surface area contributed by atoms with Crippen LogP contribution in [0.5, 0.6) is 11.5 Å². The monoisotopic (exact) mass is 385 g/mol. The molecule has 3 N–H and O–H groups in total. The third-order valence-corrected chi connectivity index (χ3v) is 4.49. The zero-order valence-corrected chi connectivity index (χ0v) is 14.6. The minimum absolute atomic E-state index is 0.00405. The standard InChI is InChI=1S/C19H16FN3O5/c20-11-2-3-14-16(6-11)27-8-12(7-17(21)24)23(14)19(26)10-1-4-15-13(5-10)22-18(25)9-28-15/h1-6,12H,7-9H2,(H2,21,24)(H,22,25). The number of nitrogens with one attached hydrogen (secondary N) is 1. The van der Waals surface area contributed by atoms with Gasteiger partial charge in [0.1, 0.15) is 23.9 Å². The smallest absolute Gasteiger partial charge is 0.262 e. The van der Waals surface area contributed by atoms with Crippen molar-refractivity contribution in [3.63, 3.8) is 0 Å². The maximum Gasteiger partial charge on any atom is 0.262 e. The second-order valence-electron chi connectivity index (χ2n) is 6.47. The van der Waals surface area contributed by atoms with Gasteiger partial charge in [-0.1, -0.05) is 0 Å². The largest absolute Gasteiger partial charge is 0.489 e. The molecular weight excluding hydrogens is 369 g/mol. The third kappa shape index (κ3) is 3.22. The second kappa shape index (κ2) is 6.84. The molecule has 2 aliphatic rings. The molecule has 0 spiro atoms. The first-order chi connectivity index (χ1) is 13.4. The predicted molar refractivity (Wildman–Crippen MR) is 96.9 cm³/mol. The van der Waals surface area contributed by atoms with E-state index in [0.717, 1.165) is 0 Å². The highest BCUT2D eigenvalue weighted by molar-refractivity contribution is 6.09. The number of rotatable bonds is 3. The Labute approximate surface area is 159 Å². The number of fused-ring (bicyclic) bond motifs is 2. The molecule has 0 bridgehead atoms. The normalized spacial score (nSPS) is 17.5. The number of carbonyl (C=O) groups is 3. The van der Waals surface area contributed by atoms with Gasteiger partial charge in [-0.15, -0.1) is 0 Å². The number of benzene rings is 2. The number of hydrogen-bond donors (Lipinski definition) is 2. The van der Waals surface area contributed by atoms with Crippen molar-refractivity contribution in [1.29, 1.82) is 0 Å². The lowest BCUT2D eigenvalue weighted by Gasteiger charge is -2.36. The predicted octanol–water partition coefficient (Wildman–Crippen LogP) is 1.44. The molecule has 0 aromatic heterocycles. The van der Waals surface area contributed by atoms with Crippen molar-refractivity contribution in [2.75, 3.05) is 23.4 Å². The summed E-state index contributed by atoms with van der Waals surface area (Å²) in [7, 11) is 0. The highest BCUT2D eigenvalue weighted by Gasteiger charge is 2.34. The molecule has 28 heavy (non-hydrogen) atoms. The number of carbonyl (C=O) groups excluding carboxylic acids is 3. The molecule has 4 rings (SSSR count). The van der Waals surface area contributed by atoms with E-state index in [4.69, 9.17) is 15.2 Å². The van der Waals surface area contributed by atoms with Crippen LogP contribution in [0.15, 0.2) is 36.4 Å². The van der Waals surface area contributed by atoms with Gasteiger partial charge in [0.25, 0.3) is 11.8 Å². The summed E-state index contributed by atoms with van der Waals surface area (Å²) in [5.74, 6) is -1.21. The first-order valence-electron chi connectivity index (χ1n) is 8.53. The number of amides is 3. The Bertz CT molecular complexity index is 994. The highest BCUT2D eigenvalue weighted by Crippen LogP contribution is 2.37. The lowest BCUT2D eigenvalue weighted by Crippen LogP contribution is -2.48. The van der Waals surface area contributed by atoms with E-state index in [1.54, 1.807) is 12.1 Å². The summed E-state index contributed by atoms with van der Waals surface area (Å²) < 4.78 is 24.4. The molecule has 0 fully saturated rings. The highest BCUT2D eigenvalue weighted by atomic mass is 19.1. The number of halogens is 1.